The van der Waals surface area contributed by atoms with Crippen molar-refractivity contribution >= 4 is 11.9 Å². The van der Waals surface area contributed by atoms with E-state index >= 15 is 0 Å². The summed E-state index contributed by atoms with van der Waals surface area (Å²) in [5.74, 6) is -0.599. The minimum atomic E-state index is -0.778. The molecule has 0 amide bonds. The molecule has 62 heavy (non-hydrogen) atoms. The zero-order valence-corrected chi connectivity index (χ0v) is 40.6. The average molecular weight is 863 g/mol. The van der Waals surface area contributed by atoms with E-state index < -0.39 is 6.10 Å². The van der Waals surface area contributed by atoms with Crippen LogP contribution in [0.1, 0.15) is 245 Å². The van der Waals surface area contributed by atoms with Gasteiger partial charge in [0.05, 0.1) is 6.61 Å². The zero-order chi connectivity index (χ0) is 44.9. The maximum absolute atomic E-state index is 12.3. The Bertz CT molecular complexity index is 1160. The third kappa shape index (κ3) is 49.7. The van der Waals surface area contributed by atoms with Gasteiger partial charge in [-0.25, -0.2) is 0 Å². The minimum absolute atomic E-state index is 0.0716. The maximum Gasteiger partial charge on any atom is 0.306 e. The molecule has 5 heteroatoms. The molecule has 0 bridgehead atoms. The van der Waals surface area contributed by atoms with Gasteiger partial charge in [-0.3, -0.25) is 9.59 Å². The van der Waals surface area contributed by atoms with Crippen molar-refractivity contribution in [2.24, 2.45) is 0 Å². The number of carbonyl (C=O) groups is 2. The monoisotopic (exact) mass is 863 g/mol. The highest BCUT2D eigenvalue weighted by Gasteiger charge is 2.16. The summed E-state index contributed by atoms with van der Waals surface area (Å²) < 4.78 is 10.7. The molecule has 0 aliphatic rings. The van der Waals surface area contributed by atoms with Crippen LogP contribution in [-0.4, -0.2) is 36.4 Å². The molecule has 1 atom stereocenters. The topological polar surface area (TPSA) is 72.8 Å². The zero-order valence-electron chi connectivity index (χ0n) is 40.6. The van der Waals surface area contributed by atoms with Crippen molar-refractivity contribution in [1.29, 1.82) is 0 Å². The Labute approximate surface area is 384 Å². The van der Waals surface area contributed by atoms with Crippen LogP contribution in [0.3, 0.4) is 0 Å². The van der Waals surface area contributed by atoms with Crippen LogP contribution in [0.15, 0.2) is 85.1 Å². The second-order valence-electron chi connectivity index (χ2n) is 17.2. The molecular weight excluding hydrogens is 765 g/mol. The quantitative estimate of drug-likeness (QED) is 0.0375. The number of aliphatic hydroxyl groups is 1. The second kappa shape index (κ2) is 52.4. The van der Waals surface area contributed by atoms with E-state index in [0.717, 1.165) is 83.5 Å². The van der Waals surface area contributed by atoms with Gasteiger partial charge in [0.2, 0.25) is 0 Å². The summed E-state index contributed by atoms with van der Waals surface area (Å²) in [6, 6.07) is 0. The van der Waals surface area contributed by atoms with Crippen LogP contribution >= 0.6 is 0 Å². The number of hydrogen-bond acceptors (Lipinski definition) is 5. The fraction of sp³-hybridized carbons (Fsp3) is 0.719. The molecule has 0 spiro atoms. The van der Waals surface area contributed by atoms with E-state index in [2.05, 4.69) is 98.9 Å². The first-order chi connectivity index (χ1) is 30.6. The van der Waals surface area contributed by atoms with Crippen molar-refractivity contribution in [3.63, 3.8) is 0 Å². The van der Waals surface area contributed by atoms with Crippen LogP contribution in [0.4, 0.5) is 0 Å². The Morgan fingerprint density at radius 1 is 0.387 bits per heavy atom. The molecule has 0 aromatic rings. The lowest BCUT2D eigenvalue weighted by atomic mass is 10.0. The molecule has 0 saturated heterocycles. The normalized spacial score (nSPS) is 12.9. The van der Waals surface area contributed by atoms with Gasteiger partial charge in [0.25, 0.3) is 0 Å². The SMILES string of the molecule is CC/C=C\C/C=C\C/C=C\C/C=C\C/C=C\C/C=C\CCCCCCCCCCCCCCCCC(=O)OC(CO)COC(=O)CCCCCCC/C=C\CCCCCCCC. The van der Waals surface area contributed by atoms with Gasteiger partial charge in [0.15, 0.2) is 6.10 Å². The summed E-state index contributed by atoms with van der Waals surface area (Å²) >= 11 is 0. The number of aliphatic hydroxyl groups excluding tert-OH is 1. The van der Waals surface area contributed by atoms with Gasteiger partial charge in [-0.1, -0.05) is 227 Å². The number of ether oxygens (including phenoxy) is 2. The van der Waals surface area contributed by atoms with Crippen LogP contribution in [0.25, 0.3) is 0 Å². The first kappa shape index (κ1) is 59.1. The molecule has 0 aliphatic heterocycles. The van der Waals surface area contributed by atoms with Crippen LogP contribution in [0.5, 0.6) is 0 Å². The van der Waals surface area contributed by atoms with Crippen molar-refractivity contribution in [2.75, 3.05) is 13.2 Å². The van der Waals surface area contributed by atoms with Crippen LogP contribution in [-0.2, 0) is 19.1 Å². The maximum atomic E-state index is 12.3. The summed E-state index contributed by atoms with van der Waals surface area (Å²) in [4.78, 5) is 24.4. The number of unbranched alkanes of at least 4 members (excludes halogenated alkanes) is 25. The van der Waals surface area contributed by atoms with E-state index in [4.69, 9.17) is 9.47 Å². The predicted octanol–water partition coefficient (Wildman–Crippen LogP) is 17.4. The molecule has 0 fully saturated rings. The summed E-state index contributed by atoms with van der Waals surface area (Å²) in [6.07, 6.45) is 72.5. The largest absolute Gasteiger partial charge is 0.462 e. The van der Waals surface area contributed by atoms with Gasteiger partial charge in [0.1, 0.15) is 6.61 Å². The number of carbonyl (C=O) groups excluding carboxylic acids is 2. The fourth-order valence-corrected chi connectivity index (χ4v) is 7.26. The van der Waals surface area contributed by atoms with Crippen LogP contribution in [0.2, 0.25) is 0 Å². The molecular formula is C57H98O5. The number of esters is 2. The standard InChI is InChI=1S/C57H98O5/c1-3-5-7-9-11-13-15-17-19-20-21-22-23-24-25-26-27-28-29-30-31-32-33-34-35-36-38-40-42-44-46-48-50-52-57(60)62-55(53-58)54-61-56(59)51-49-47-45-43-41-39-37-18-16-14-12-10-8-6-4-2/h5,7,11,13,17-19,21-22,24-25,27-28,37,55,58H,3-4,6,8-10,12,14-16,20,23,26,29-36,38-54H2,1-2H3/b7-5-,13-11-,19-17-,22-21-,25-24-,28-27-,37-18-. The van der Waals surface area contributed by atoms with Crippen LogP contribution in [0, 0.1) is 0 Å². The number of allylic oxidation sites excluding steroid dienone is 14. The number of rotatable bonds is 47. The minimum Gasteiger partial charge on any atom is -0.462 e. The average Bonchev–Trinajstić information content (AvgIpc) is 3.28. The highest BCUT2D eigenvalue weighted by Crippen LogP contribution is 2.15. The van der Waals surface area contributed by atoms with E-state index in [0.29, 0.717) is 12.8 Å². The Morgan fingerprint density at radius 3 is 1.06 bits per heavy atom. The predicted molar refractivity (Wildman–Crippen MR) is 269 cm³/mol. The molecule has 0 aliphatic carbocycles. The molecule has 0 aromatic heterocycles. The molecule has 0 radical (unpaired) electrons. The van der Waals surface area contributed by atoms with Gasteiger partial charge >= 0.3 is 11.9 Å². The lowest BCUT2D eigenvalue weighted by Crippen LogP contribution is -2.28. The third-order valence-corrected chi connectivity index (χ3v) is 11.2. The first-order valence-corrected chi connectivity index (χ1v) is 26.1. The second-order valence-corrected chi connectivity index (χ2v) is 17.2. The molecule has 0 heterocycles. The van der Waals surface area contributed by atoms with Crippen molar-refractivity contribution < 1.29 is 24.2 Å². The molecule has 1 unspecified atom stereocenters. The molecule has 356 valence electrons. The number of hydrogen-bond donors (Lipinski definition) is 1. The Kier molecular flexibility index (Phi) is 50.0. The van der Waals surface area contributed by atoms with Crippen molar-refractivity contribution in [1.82, 2.24) is 0 Å². The molecule has 5 nitrogen and oxygen atoms in total. The van der Waals surface area contributed by atoms with Gasteiger partial charge in [-0.15, -0.1) is 0 Å². The lowest BCUT2D eigenvalue weighted by Gasteiger charge is -2.15. The smallest absolute Gasteiger partial charge is 0.306 e. The van der Waals surface area contributed by atoms with E-state index in [1.165, 1.54) is 135 Å². The van der Waals surface area contributed by atoms with Gasteiger partial charge < -0.3 is 14.6 Å². The van der Waals surface area contributed by atoms with Gasteiger partial charge in [-0.05, 0) is 89.9 Å². The van der Waals surface area contributed by atoms with Crippen LogP contribution < -0.4 is 0 Å². The van der Waals surface area contributed by atoms with E-state index in [9.17, 15) is 14.7 Å². The first-order valence-electron chi connectivity index (χ1n) is 26.1. The summed E-state index contributed by atoms with van der Waals surface area (Å²) in [6.45, 7) is 4.02. The molecule has 1 N–H and O–H groups in total. The van der Waals surface area contributed by atoms with E-state index in [1.807, 2.05) is 0 Å². The molecule has 0 saturated carbocycles. The van der Waals surface area contributed by atoms with Gasteiger partial charge in [-0.2, -0.15) is 0 Å². The summed E-state index contributed by atoms with van der Waals surface area (Å²) in [5.41, 5.74) is 0. The Balaban J connectivity index is 3.51. The highest BCUT2D eigenvalue weighted by atomic mass is 16.6. The van der Waals surface area contributed by atoms with Crippen molar-refractivity contribution in [2.45, 2.75) is 251 Å². The van der Waals surface area contributed by atoms with Crippen molar-refractivity contribution in [3.8, 4) is 0 Å². The fourth-order valence-electron chi connectivity index (χ4n) is 7.26. The Hall–Kier alpha value is -2.92. The molecule has 0 rings (SSSR count). The van der Waals surface area contributed by atoms with E-state index in [-0.39, 0.29) is 25.2 Å². The highest BCUT2D eigenvalue weighted by molar-refractivity contribution is 5.70. The summed E-state index contributed by atoms with van der Waals surface area (Å²) in [5, 5.41) is 9.62. The van der Waals surface area contributed by atoms with Crippen molar-refractivity contribution in [3.05, 3.63) is 85.1 Å². The third-order valence-electron chi connectivity index (χ3n) is 11.2. The van der Waals surface area contributed by atoms with Gasteiger partial charge in [0, 0.05) is 12.8 Å². The Morgan fingerprint density at radius 2 is 0.694 bits per heavy atom. The summed E-state index contributed by atoms with van der Waals surface area (Å²) in [7, 11) is 0. The molecule has 0 aromatic carbocycles. The lowest BCUT2D eigenvalue weighted by molar-refractivity contribution is -0.161. The van der Waals surface area contributed by atoms with E-state index in [1.54, 1.807) is 0 Å².